The maximum absolute atomic E-state index is 8.84. The molecule has 0 fully saturated rings. The molecule has 1 aromatic heterocycles. The largest absolute Gasteiger partial charge is 0.396 e. The molecule has 0 saturated heterocycles. The summed E-state index contributed by atoms with van der Waals surface area (Å²) in [5.74, 6) is 0.229. The van der Waals surface area contributed by atoms with Crippen molar-refractivity contribution in [1.29, 1.82) is 0 Å². The van der Waals surface area contributed by atoms with Gasteiger partial charge in [-0.05, 0) is 17.5 Å². The number of aromatic nitrogens is 2. The molecule has 0 aliphatic carbocycles. The van der Waals surface area contributed by atoms with Crippen LogP contribution < -0.4 is 5.32 Å². The second-order valence-corrected chi connectivity index (χ2v) is 4.29. The van der Waals surface area contributed by atoms with Crippen molar-refractivity contribution in [3.63, 3.8) is 0 Å². The number of nitrogens with one attached hydrogen (secondary N) is 1. The lowest BCUT2D eigenvalue weighted by Gasteiger charge is -2.10. The summed E-state index contributed by atoms with van der Waals surface area (Å²) in [5.41, 5.74) is 0.854. The zero-order valence-corrected chi connectivity index (χ0v) is 10.3. The first-order valence-corrected chi connectivity index (χ1v) is 5.50. The summed E-state index contributed by atoms with van der Waals surface area (Å²) in [6, 6.07) is 0. The molecule has 0 aromatic carbocycles. The second-order valence-electron chi connectivity index (χ2n) is 3.60. The zero-order chi connectivity index (χ0) is 11.4. The van der Waals surface area contributed by atoms with Gasteiger partial charge in [-0.1, -0.05) is 18.5 Å². The van der Waals surface area contributed by atoms with Crippen LogP contribution in [-0.2, 0) is 13.6 Å². The van der Waals surface area contributed by atoms with Crippen LogP contribution >= 0.6 is 23.2 Å². The van der Waals surface area contributed by atoms with Crippen molar-refractivity contribution in [3.05, 3.63) is 16.1 Å². The molecule has 0 radical (unpaired) electrons. The lowest BCUT2D eigenvalue weighted by molar-refractivity contribution is 0.233. The molecule has 0 amide bonds. The van der Waals surface area contributed by atoms with Crippen LogP contribution in [0.15, 0.2) is 0 Å². The highest BCUT2D eigenvalue weighted by Crippen LogP contribution is 2.18. The van der Waals surface area contributed by atoms with E-state index in [0.29, 0.717) is 17.0 Å². The first-order chi connectivity index (χ1) is 7.06. The fourth-order valence-electron chi connectivity index (χ4n) is 1.16. The highest BCUT2D eigenvalue weighted by Gasteiger charge is 2.11. The summed E-state index contributed by atoms with van der Waals surface area (Å²) >= 11 is 11.7. The average molecular weight is 252 g/mol. The van der Waals surface area contributed by atoms with Crippen LogP contribution in [0.4, 0.5) is 0 Å². The van der Waals surface area contributed by atoms with Gasteiger partial charge in [0.15, 0.2) is 5.15 Å². The molecular formula is C9H15Cl2N3O. The number of hydrogen-bond donors (Lipinski definition) is 2. The highest BCUT2D eigenvalue weighted by atomic mass is 35.5. The molecule has 0 saturated carbocycles. The minimum absolute atomic E-state index is 0.173. The minimum Gasteiger partial charge on any atom is -0.396 e. The van der Waals surface area contributed by atoms with E-state index in [2.05, 4.69) is 10.3 Å². The second kappa shape index (κ2) is 5.70. The molecule has 1 aromatic rings. The summed E-state index contributed by atoms with van der Waals surface area (Å²) in [6.07, 6.45) is 0. The summed E-state index contributed by atoms with van der Waals surface area (Å²) < 4.78 is 1.74. The third kappa shape index (κ3) is 3.34. The topological polar surface area (TPSA) is 50.1 Å². The Kier molecular flexibility index (Phi) is 4.86. The smallest absolute Gasteiger partial charge is 0.204 e. The molecule has 0 aliphatic heterocycles. The Morgan fingerprint density at radius 3 is 2.67 bits per heavy atom. The normalized spacial score (nSPS) is 13.1. The van der Waals surface area contributed by atoms with Gasteiger partial charge in [-0.15, -0.1) is 0 Å². The number of aliphatic hydroxyl groups excluding tert-OH is 1. The van der Waals surface area contributed by atoms with Gasteiger partial charge in [0, 0.05) is 26.7 Å². The van der Waals surface area contributed by atoms with Crippen molar-refractivity contribution < 1.29 is 5.11 Å². The van der Waals surface area contributed by atoms with Crippen molar-refractivity contribution in [2.24, 2.45) is 13.0 Å². The van der Waals surface area contributed by atoms with E-state index in [4.69, 9.17) is 28.3 Å². The first kappa shape index (κ1) is 12.8. The Bertz CT molecular complexity index is 327. The quantitative estimate of drug-likeness (QED) is 0.833. The van der Waals surface area contributed by atoms with Gasteiger partial charge in [0.05, 0.1) is 5.69 Å². The first-order valence-electron chi connectivity index (χ1n) is 4.74. The van der Waals surface area contributed by atoms with E-state index < -0.39 is 0 Å². The molecule has 4 nitrogen and oxygen atoms in total. The third-order valence-electron chi connectivity index (χ3n) is 2.21. The van der Waals surface area contributed by atoms with Crippen molar-refractivity contribution in [3.8, 4) is 0 Å². The number of nitrogens with zero attached hydrogens (tertiary/aromatic N) is 2. The number of imidazole rings is 1. The van der Waals surface area contributed by atoms with Crippen molar-refractivity contribution >= 4 is 23.2 Å². The highest BCUT2D eigenvalue weighted by molar-refractivity contribution is 6.32. The molecule has 2 N–H and O–H groups in total. The van der Waals surface area contributed by atoms with E-state index in [9.17, 15) is 0 Å². The molecule has 6 heteroatoms. The summed E-state index contributed by atoms with van der Waals surface area (Å²) in [5, 5.41) is 12.8. The Balaban J connectivity index is 2.50. The average Bonchev–Trinajstić information content (AvgIpc) is 2.44. The van der Waals surface area contributed by atoms with Crippen LogP contribution in [0.1, 0.15) is 12.6 Å². The lowest BCUT2D eigenvalue weighted by Crippen LogP contribution is -2.23. The third-order valence-corrected chi connectivity index (χ3v) is 2.85. The van der Waals surface area contributed by atoms with Gasteiger partial charge < -0.3 is 15.0 Å². The summed E-state index contributed by atoms with van der Waals surface area (Å²) in [7, 11) is 1.81. The fourth-order valence-corrected chi connectivity index (χ4v) is 1.67. The monoisotopic (exact) mass is 251 g/mol. The molecule has 0 bridgehead atoms. The Hall–Kier alpha value is -0.290. The van der Waals surface area contributed by atoms with Crippen LogP contribution in [0, 0.1) is 5.92 Å². The van der Waals surface area contributed by atoms with Crippen LogP contribution in [0.25, 0.3) is 0 Å². The molecule has 0 aliphatic rings. The number of hydrogen-bond acceptors (Lipinski definition) is 3. The predicted molar refractivity (Wildman–Crippen MR) is 61.2 cm³/mol. The van der Waals surface area contributed by atoms with Crippen LogP contribution in [0.3, 0.4) is 0 Å². The SMILES string of the molecule is CC(CO)CNCc1c(Cl)nc(Cl)n1C. The van der Waals surface area contributed by atoms with Crippen LogP contribution in [-0.4, -0.2) is 27.8 Å². The van der Waals surface area contributed by atoms with Crippen molar-refractivity contribution in [2.45, 2.75) is 13.5 Å². The number of aliphatic hydroxyl groups is 1. The van der Waals surface area contributed by atoms with Gasteiger partial charge >= 0.3 is 0 Å². The van der Waals surface area contributed by atoms with E-state index in [1.165, 1.54) is 0 Å². The zero-order valence-electron chi connectivity index (χ0n) is 8.80. The van der Waals surface area contributed by atoms with Gasteiger partial charge in [-0.3, -0.25) is 0 Å². The van der Waals surface area contributed by atoms with Gasteiger partial charge in [0.2, 0.25) is 5.28 Å². The summed E-state index contributed by atoms with van der Waals surface area (Å²) in [6.45, 7) is 3.47. The molecule has 15 heavy (non-hydrogen) atoms. The van der Waals surface area contributed by atoms with E-state index in [1.807, 2.05) is 14.0 Å². The van der Waals surface area contributed by atoms with Gasteiger partial charge in [0.1, 0.15) is 0 Å². The van der Waals surface area contributed by atoms with Crippen LogP contribution in [0.5, 0.6) is 0 Å². The minimum atomic E-state index is 0.173. The Morgan fingerprint density at radius 1 is 1.53 bits per heavy atom. The molecule has 1 unspecified atom stereocenters. The van der Waals surface area contributed by atoms with Crippen molar-refractivity contribution in [1.82, 2.24) is 14.9 Å². The Labute approximate surface area is 99.2 Å². The van der Waals surface area contributed by atoms with Crippen LogP contribution in [0.2, 0.25) is 10.4 Å². The van der Waals surface area contributed by atoms with Crippen molar-refractivity contribution in [2.75, 3.05) is 13.2 Å². The van der Waals surface area contributed by atoms with Gasteiger partial charge in [-0.2, -0.15) is 0 Å². The maximum atomic E-state index is 8.84. The molecule has 1 atom stereocenters. The van der Waals surface area contributed by atoms with E-state index in [1.54, 1.807) is 4.57 Å². The molecule has 86 valence electrons. The molecule has 1 heterocycles. The maximum Gasteiger partial charge on any atom is 0.204 e. The van der Waals surface area contributed by atoms with E-state index >= 15 is 0 Å². The fraction of sp³-hybridized carbons (Fsp3) is 0.667. The molecular weight excluding hydrogens is 237 g/mol. The lowest BCUT2D eigenvalue weighted by atomic mass is 10.2. The van der Waals surface area contributed by atoms with Gasteiger partial charge in [-0.25, -0.2) is 4.98 Å². The van der Waals surface area contributed by atoms with Gasteiger partial charge in [0.25, 0.3) is 0 Å². The predicted octanol–water partition coefficient (Wildman–Crippen LogP) is 1.44. The molecule has 1 rings (SSSR count). The van der Waals surface area contributed by atoms with E-state index in [0.717, 1.165) is 12.2 Å². The standard InChI is InChI=1S/C9H15Cl2N3O/c1-6(5-15)3-12-4-7-8(10)13-9(11)14(7)2/h6,12,15H,3-5H2,1-2H3. The van der Waals surface area contributed by atoms with E-state index in [-0.39, 0.29) is 12.5 Å². The summed E-state index contributed by atoms with van der Waals surface area (Å²) in [4.78, 5) is 3.93. The molecule has 0 spiro atoms. The Morgan fingerprint density at radius 2 is 2.20 bits per heavy atom. The number of rotatable bonds is 5. The number of halogens is 2.